The van der Waals surface area contributed by atoms with Crippen molar-refractivity contribution in [1.29, 1.82) is 0 Å². The number of fused-ring (bicyclic) bond motifs is 1. The van der Waals surface area contributed by atoms with Crippen LogP contribution in [0.25, 0.3) is 0 Å². The molecule has 2 atom stereocenters. The zero-order valence-corrected chi connectivity index (χ0v) is 20.4. The van der Waals surface area contributed by atoms with Crippen molar-refractivity contribution in [2.75, 3.05) is 4.90 Å². The predicted octanol–water partition coefficient (Wildman–Crippen LogP) is 6.85. The molecule has 0 spiro atoms. The Morgan fingerprint density at radius 2 is 1.12 bits per heavy atom. The topological polar surface area (TPSA) is 57.7 Å². The molecule has 2 aliphatic heterocycles. The molecule has 0 aliphatic carbocycles. The third-order valence-corrected chi connectivity index (χ3v) is 7.85. The average Bonchev–Trinajstić information content (AvgIpc) is 3.07. The number of anilines is 1. The zero-order chi connectivity index (χ0) is 24.5. The molecular weight excluding hydrogens is 549 g/mol. The van der Waals surface area contributed by atoms with Crippen molar-refractivity contribution in [3.8, 4) is 0 Å². The highest BCUT2D eigenvalue weighted by Crippen LogP contribution is 2.49. The van der Waals surface area contributed by atoms with Crippen molar-refractivity contribution in [2.45, 2.75) is 12.1 Å². The van der Waals surface area contributed by atoms with Gasteiger partial charge in [0.05, 0.1) is 37.3 Å². The summed E-state index contributed by atoms with van der Waals surface area (Å²) in [6, 6.07) is 9.83. The number of carbonyl (C=O) groups excluding carboxylic acids is 3. The molecule has 0 unspecified atom stereocenters. The molecule has 2 aliphatic rings. The van der Waals surface area contributed by atoms with Gasteiger partial charge < -0.3 is 4.90 Å². The fraction of sp³-hybridized carbons (Fsp3) is 0.0870. The number of rotatable bonds is 3. The smallest absolute Gasteiger partial charge is 0.264 e. The maximum absolute atomic E-state index is 13.6. The van der Waals surface area contributed by atoms with Crippen LogP contribution >= 0.6 is 58.0 Å². The van der Waals surface area contributed by atoms with E-state index in [1.54, 1.807) is 24.3 Å². The molecule has 34 heavy (non-hydrogen) atoms. The Balaban J connectivity index is 1.63. The fourth-order valence-corrected chi connectivity index (χ4v) is 5.37. The van der Waals surface area contributed by atoms with Gasteiger partial charge in [-0.05, 0) is 42.0 Å². The lowest BCUT2D eigenvalue weighted by Crippen LogP contribution is -2.67. The van der Waals surface area contributed by atoms with Crippen molar-refractivity contribution in [3.63, 3.8) is 0 Å². The van der Waals surface area contributed by atoms with Crippen LogP contribution in [0.5, 0.6) is 0 Å². The van der Waals surface area contributed by atoms with Crippen LogP contribution in [-0.4, -0.2) is 28.7 Å². The van der Waals surface area contributed by atoms with Gasteiger partial charge in [0.2, 0.25) is 0 Å². The summed E-state index contributed by atoms with van der Waals surface area (Å²) in [5.41, 5.74) is 0.549. The lowest BCUT2D eigenvalue weighted by atomic mass is 9.86. The number of nitrogens with zero attached hydrogens (tertiary/aromatic N) is 2. The van der Waals surface area contributed by atoms with Gasteiger partial charge in [-0.3, -0.25) is 19.3 Å². The highest BCUT2D eigenvalue weighted by Gasteiger charge is 2.58. The number of imide groups is 1. The number of hydrogen-bond donors (Lipinski definition) is 0. The van der Waals surface area contributed by atoms with E-state index in [4.69, 9.17) is 58.0 Å². The minimum atomic E-state index is -1.24. The number of hydrogen-bond acceptors (Lipinski definition) is 3. The Morgan fingerprint density at radius 1 is 0.618 bits per heavy atom. The molecule has 0 aromatic heterocycles. The summed E-state index contributed by atoms with van der Waals surface area (Å²) in [6.45, 7) is 0. The van der Waals surface area contributed by atoms with E-state index >= 15 is 0 Å². The highest BCUT2D eigenvalue weighted by molar-refractivity contribution is 6.55. The van der Waals surface area contributed by atoms with Gasteiger partial charge in [-0.1, -0.05) is 70.1 Å². The molecule has 172 valence electrons. The number of carbonyl (C=O) groups is 3. The summed E-state index contributed by atoms with van der Waals surface area (Å²) in [5, 5.41) is -0.344. The summed E-state index contributed by atoms with van der Waals surface area (Å²) >= 11 is 30.6. The van der Waals surface area contributed by atoms with Crippen molar-refractivity contribution >= 4 is 81.4 Å². The Labute approximate surface area is 217 Å². The van der Waals surface area contributed by atoms with Crippen molar-refractivity contribution in [2.24, 2.45) is 0 Å². The van der Waals surface area contributed by atoms with Crippen LogP contribution < -0.4 is 4.90 Å². The van der Waals surface area contributed by atoms with Crippen LogP contribution in [0.3, 0.4) is 0 Å². The molecule has 0 bridgehead atoms. The summed E-state index contributed by atoms with van der Waals surface area (Å²) in [4.78, 5) is 42.3. The Hall–Kier alpha value is -2.35. The normalized spacial score (nSPS) is 19.5. The van der Waals surface area contributed by atoms with E-state index < -0.39 is 35.6 Å². The first-order valence-corrected chi connectivity index (χ1v) is 11.6. The molecule has 0 radical (unpaired) electrons. The molecule has 11 heteroatoms. The van der Waals surface area contributed by atoms with Crippen LogP contribution in [0.1, 0.15) is 32.3 Å². The largest absolute Gasteiger partial charge is 0.300 e. The first-order valence-electron chi connectivity index (χ1n) is 9.71. The molecule has 1 fully saturated rings. The van der Waals surface area contributed by atoms with Gasteiger partial charge in [0, 0.05) is 10.7 Å². The Bertz CT molecular complexity index is 1350. The molecule has 5 rings (SSSR count). The second-order valence-corrected chi connectivity index (χ2v) is 9.56. The molecule has 3 aromatic rings. The molecule has 1 saturated heterocycles. The fourth-order valence-electron chi connectivity index (χ4n) is 4.23. The van der Waals surface area contributed by atoms with Crippen molar-refractivity contribution < 1.29 is 18.8 Å². The Kier molecular flexibility index (Phi) is 5.78. The minimum absolute atomic E-state index is 0.173. The van der Waals surface area contributed by atoms with E-state index in [0.717, 1.165) is 4.90 Å². The second-order valence-electron chi connectivity index (χ2n) is 7.61. The van der Waals surface area contributed by atoms with Crippen molar-refractivity contribution in [3.05, 3.63) is 96.2 Å². The van der Waals surface area contributed by atoms with Gasteiger partial charge in [0.1, 0.15) is 11.9 Å². The monoisotopic (exact) mass is 556 g/mol. The van der Waals surface area contributed by atoms with Crippen molar-refractivity contribution in [1.82, 2.24) is 4.90 Å². The van der Waals surface area contributed by atoms with Crippen LogP contribution in [0.4, 0.5) is 10.1 Å². The summed E-state index contributed by atoms with van der Waals surface area (Å²) in [6.07, 6.45) is 0. The van der Waals surface area contributed by atoms with Crippen LogP contribution in [0, 0.1) is 5.82 Å². The van der Waals surface area contributed by atoms with Gasteiger partial charge in [-0.25, -0.2) is 4.39 Å². The van der Waals surface area contributed by atoms with Crippen LogP contribution in [0.2, 0.25) is 25.1 Å². The molecular formula is C23H10Cl5FN2O3. The van der Waals surface area contributed by atoms with Crippen LogP contribution in [-0.2, 0) is 4.79 Å². The molecule has 0 saturated carbocycles. The van der Waals surface area contributed by atoms with E-state index in [2.05, 4.69) is 0 Å². The predicted molar refractivity (Wildman–Crippen MR) is 129 cm³/mol. The van der Waals surface area contributed by atoms with Gasteiger partial charge in [0.25, 0.3) is 17.7 Å². The van der Waals surface area contributed by atoms with E-state index in [1.165, 1.54) is 29.2 Å². The van der Waals surface area contributed by atoms with E-state index in [9.17, 15) is 18.8 Å². The maximum atomic E-state index is 13.6. The maximum Gasteiger partial charge on any atom is 0.264 e. The highest BCUT2D eigenvalue weighted by atomic mass is 35.5. The number of β-lactam (4-membered cyclic amide) rings is 1. The Morgan fingerprint density at radius 3 is 1.62 bits per heavy atom. The standard InChI is InChI=1S/C23H10Cl5FN2O3/c24-10-3-7-12(8-4-10)30-19(9-1-5-11(29)6-2-9)20(23(30)34)31-21(32)13-14(22(31)33)16(26)18(28)17(27)15(13)25/h1-8,19-20H/t19-,20+/m1/s1. The van der Waals surface area contributed by atoms with E-state index in [1.807, 2.05) is 0 Å². The first-order chi connectivity index (χ1) is 16.1. The third kappa shape index (κ3) is 3.32. The number of benzene rings is 3. The lowest BCUT2D eigenvalue weighted by molar-refractivity contribution is -0.130. The minimum Gasteiger partial charge on any atom is -0.300 e. The van der Waals surface area contributed by atoms with Gasteiger partial charge >= 0.3 is 0 Å². The molecule has 5 nitrogen and oxygen atoms in total. The van der Waals surface area contributed by atoms with Gasteiger partial charge in [0.15, 0.2) is 0 Å². The number of amides is 3. The summed E-state index contributed by atoms with van der Waals surface area (Å²) in [7, 11) is 0. The van der Waals surface area contributed by atoms with E-state index in [-0.39, 0.29) is 31.2 Å². The quantitative estimate of drug-likeness (QED) is 0.153. The van der Waals surface area contributed by atoms with Gasteiger partial charge in [-0.15, -0.1) is 0 Å². The molecule has 3 amide bonds. The van der Waals surface area contributed by atoms with Gasteiger partial charge in [-0.2, -0.15) is 0 Å². The molecule has 0 N–H and O–H groups in total. The summed E-state index contributed by atoms with van der Waals surface area (Å²) in [5.74, 6) is -2.67. The average molecular weight is 559 g/mol. The van der Waals surface area contributed by atoms with Crippen LogP contribution in [0.15, 0.2) is 48.5 Å². The second kappa shape index (κ2) is 8.40. The number of halogens is 6. The SMILES string of the molecule is O=C1c2c(Cl)c(Cl)c(Cl)c(Cl)c2C(=O)N1[C@@H]1C(=O)N(c2ccc(Cl)cc2)[C@@H]1c1ccc(F)cc1. The summed E-state index contributed by atoms with van der Waals surface area (Å²) < 4.78 is 13.6. The zero-order valence-electron chi connectivity index (χ0n) is 16.7. The first kappa shape index (κ1) is 23.4. The third-order valence-electron chi connectivity index (χ3n) is 5.79. The van der Waals surface area contributed by atoms with E-state index in [0.29, 0.717) is 16.3 Å². The molecule has 2 heterocycles. The molecule has 3 aromatic carbocycles. The lowest BCUT2D eigenvalue weighted by Gasteiger charge is -2.49.